The zero-order valence-electron chi connectivity index (χ0n) is 7.42. The van der Waals surface area contributed by atoms with E-state index in [1.54, 1.807) is 0 Å². The summed E-state index contributed by atoms with van der Waals surface area (Å²) in [5, 5.41) is 10.3. The lowest BCUT2D eigenvalue weighted by atomic mass is 9.96. The summed E-state index contributed by atoms with van der Waals surface area (Å²) in [7, 11) is 0. The number of rotatable bonds is 2. The van der Waals surface area contributed by atoms with E-state index in [0.717, 1.165) is 0 Å². The van der Waals surface area contributed by atoms with Crippen LogP contribution in [-0.2, 0) is 10.4 Å². The molecule has 0 saturated heterocycles. The Morgan fingerprint density at radius 3 is 2.43 bits per heavy atom. The van der Waals surface area contributed by atoms with Crippen LogP contribution < -0.4 is 5.73 Å². The average molecular weight is 234 g/mol. The van der Waals surface area contributed by atoms with E-state index in [1.165, 1.54) is 25.1 Å². The van der Waals surface area contributed by atoms with Crippen molar-refractivity contribution in [2.75, 3.05) is 0 Å². The molecule has 1 rings (SSSR count). The van der Waals surface area contributed by atoms with Crippen molar-refractivity contribution >= 4 is 29.1 Å². The van der Waals surface area contributed by atoms with Crippen molar-refractivity contribution in [2.45, 2.75) is 12.5 Å². The Morgan fingerprint density at radius 1 is 1.43 bits per heavy atom. The van der Waals surface area contributed by atoms with Crippen LogP contribution in [0.3, 0.4) is 0 Å². The summed E-state index contributed by atoms with van der Waals surface area (Å²) >= 11 is 11.4. The van der Waals surface area contributed by atoms with Gasteiger partial charge >= 0.3 is 0 Å². The monoisotopic (exact) mass is 233 g/mol. The van der Waals surface area contributed by atoms with Gasteiger partial charge in [0.15, 0.2) is 5.60 Å². The van der Waals surface area contributed by atoms with Gasteiger partial charge in [-0.15, -0.1) is 0 Å². The summed E-state index contributed by atoms with van der Waals surface area (Å²) in [6.07, 6.45) is 0. The minimum Gasteiger partial charge on any atom is -0.376 e. The molecule has 3 nitrogen and oxygen atoms in total. The van der Waals surface area contributed by atoms with Crippen LogP contribution in [0.2, 0.25) is 10.0 Å². The number of halogens is 2. The molecule has 0 fully saturated rings. The van der Waals surface area contributed by atoms with Gasteiger partial charge in [-0.3, -0.25) is 4.79 Å². The number of carbonyl (C=O) groups excluding carboxylic acids is 1. The lowest BCUT2D eigenvalue weighted by Crippen LogP contribution is -2.38. The first kappa shape index (κ1) is 11.3. The molecule has 14 heavy (non-hydrogen) atoms. The lowest BCUT2D eigenvalue weighted by Gasteiger charge is -2.19. The topological polar surface area (TPSA) is 63.3 Å². The maximum Gasteiger partial charge on any atom is 0.253 e. The largest absolute Gasteiger partial charge is 0.376 e. The summed E-state index contributed by atoms with van der Waals surface area (Å²) in [6.45, 7) is 1.30. The molecule has 0 bridgehead atoms. The molecule has 0 saturated carbocycles. The van der Waals surface area contributed by atoms with Gasteiger partial charge in [0.1, 0.15) is 0 Å². The van der Waals surface area contributed by atoms with Gasteiger partial charge in [0.2, 0.25) is 0 Å². The second-order valence-electron chi connectivity index (χ2n) is 3.07. The molecule has 0 heterocycles. The minimum atomic E-state index is -1.73. The fourth-order valence-corrected chi connectivity index (χ4v) is 1.24. The molecular formula is C9H9Cl2NO2. The van der Waals surface area contributed by atoms with Gasteiger partial charge < -0.3 is 10.8 Å². The highest BCUT2D eigenvalue weighted by Crippen LogP contribution is 2.28. The fourth-order valence-electron chi connectivity index (χ4n) is 0.941. The van der Waals surface area contributed by atoms with Crippen LogP contribution in [0.15, 0.2) is 18.2 Å². The lowest BCUT2D eigenvalue weighted by molar-refractivity contribution is -0.135. The SMILES string of the molecule is CC(O)(C(N)=O)c1ccc(Cl)c(Cl)c1. The third-order valence-corrected chi connectivity index (χ3v) is 2.70. The molecule has 1 aromatic carbocycles. The van der Waals surface area contributed by atoms with Gasteiger partial charge in [-0.2, -0.15) is 0 Å². The van der Waals surface area contributed by atoms with E-state index in [9.17, 15) is 9.90 Å². The standard InChI is InChI=1S/C9H9Cl2NO2/c1-9(14,8(12)13)5-2-3-6(10)7(11)4-5/h2-4,14H,1H3,(H2,12,13). The number of carbonyl (C=O) groups is 1. The summed E-state index contributed by atoms with van der Waals surface area (Å²) in [5.41, 5.74) is 3.62. The molecule has 76 valence electrons. The first-order valence-corrected chi connectivity index (χ1v) is 4.59. The van der Waals surface area contributed by atoms with E-state index in [-0.39, 0.29) is 5.02 Å². The number of hydrogen-bond donors (Lipinski definition) is 2. The predicted octanol–water partition coefficient (Wildman–Crippen LogP) is 1.69. The number of aliphatic hydroxyl groups is 1. The summed E-state index contributed by atoms with van der Waals surface area (Å²) in [4.78, 5) is 10.9. The highest BCUT2D eigenvalue weighted by atomic mass is 35.5. The van der Waals surface area contributed by atoms with Crippen molar-refractivity contribution in [3.05, 3.63) is 33.8 Å². The Morgan fingerprint density at radius 2 is 2.00 bits per heavy atom. The summed E-state index contributed by atoms with van der Waals surface area (Å²) in [5.74, 6) is -0.837. The molecule has 0 aliphatic carbocycles. The molecule has 0 aliphatic rings. The molecule has 1 amide bonds. The minimum absolute atomic E-state index is 0.269. The Labute approximate surface area is 91.4 Å². The zero-order chi connectivity index (χ0) is 10.9. The average Bonchev–Trinajstić information content (AvgIpc) is 2.09. The van der Waals surface area contributed by atoms with Crippen molar-refractivity contribution in [3.63, 3.8) is 0 Å². The summed E-state index contributed by atoms with van der Waals surface area (Å²) < 4.78 is 0. The number of nitrogens with two attached hydrogens (primary N) is 1. The molecule has 0 aromatic heterocycles. The van der Waals surface area contributed by atoms with Crippen LogP contribution in [0.25, 0.3) is 0 Å². The van der Waals surface area contributed by atoms with Crippen LogP contribution in [-0.4, -0.2) is 11.0 Å². The second-order valence-corrected chi connectivity index (χ2v) is 3.88. The van der Waals surface area contributed by atoms with Crippen molar-refractivity contribution in [2.24, 2.45) is 5.73 Å². The van der Waals surface area contributed by atoms with Gasteiger partial charge in [0, 0.05) is 0 Å². The van der Waals surface area contributed by atoms with Gasteiger partial charge in [0.25, 0.3) is 5.91 Å². The molecule has 0 spiro atoms. The quantitative estimate of drug-likeness (QED) is 0.817. The predicted molar refractivity (Wildman–Crippen MR) is 55.2 cm³/mol. The maximum absolute atomic E-state index is 10.9. The molecule has 1 aromatic rings. The highest BCUT2D eigenvalue weighted by molar-refractivity contribution is 6.42. The van der Waals surface area contributed by atoms with Crippen LogP contribution >= 0.6 is 23.2 Å². The molecule has 1 atom stereocenters. The van der Waals surface area contributed by atoms with E-state index in [4.69, 9.17) is 28.9 Å². The molecule has 3 N–H and O–H groups in total. The van der Waals surface area contributed by atoms with Crippen molar-refractivity contribution < 1.29 is 9.90 Å². The van der Waals surface area contributed by atoms with E-state index >= 15 is 0 Å². The number of benzene rings is 1. The van der Waals surface area contributed by atoms with E-state index in [1.807, 2.05) is 0 Å². The third-order valence-electron chi connectivity index (χ3n) is 1.96. The Kier molecular flexibility index (Phi) is 3.04. The van der Waals surface area contributed by atoms with E-state index in [2.05, 4.69) is 0 Å². The molecular weight excluding hydrogens is 225 g/mol. The highest BCUT2D eigenvalue weighted by Gasteiger charge is 2.30. The Balaban J connectivity index is 3.21. The maximum atomic E-state index is 10.9. The van der Waals surface area contributed by atoms with Crippen LogP contribution in [0.1, 0.15) is 12.5 Å². The smallest absolute Gasteiger partial charge is 0.253 e. The van der Waals surface area contributed by atoms with Crippen LogP contribution in [0.5, 0.6) is 0 Å². The molecule has 5 heteroatoms. The van der Waals surface area contributed by atoms with Gasteiger partial charge in [-0.25, -0.2) is 0 Å². The first-order chi connectivity index (χ1) is 6.35. The number of primary amides is 1. The van der Waals surface area contributed by atoms with E-state index < -0.39 is 11.5 Å². The van der Waals surface area contributed by atoms with Crippen molar-refractivity contribution in [1.82, 2.24) is 0 Å². The van der Waals surface area contributed by atoms with Crippen molar-refractivity contribution in [3.8, 4) is 0 Å². The fraction of sp³-hybridized carbons (Fsp3) is 0.222. The van der Waals surface area contributed by atoms with E-state index in [0.29, 0.717) is 10.6 Å². The zero-order valence-corrected chi connectivity index (χ0v) is 8.93. The van der Waals surface area contributed by atoms with Crippen LogP contribution in [0.4, 0.5) is 0 Å². The number of amides is 1. The molecule has 0 aliphatic heterocycles. The molecule has 0 radical (unpaired) electrons. The number of hydrogen-bond acceptors (Lipinski definition) is 2. The van der Waals surface area contributed by atoms with Gasteiger partial charge in [-0.05, 0) is 24.6 Å². The third kappa shape index (κ3) is 2.00. The van der Waals surface area contributed by atoms with Gasteiger partial charge in [-0.1, -0.05) is 29.3 Å². The Bertz CT molecular complexity index is 377. The van der Waals surface area contributed by atoms with Crippen molar-refractivity contribution in [1.29, 1.82) is 0 Å². The first-order valence-electron chi connectivity index (χ1n) is 3.83. The van der Waals surface area contributed by atoms with Crippen LogP contribution in [0, 0.1) is 0 Å². The Hall–Kier alpha value is -0.770. The summed E-state index contributed by atoms with van der Waals surface area (Å²) in [6, 6.07) is 4.41. The normalized spacial score (nSPS) is 14.9. The second kappa shape index (κ2) is 3.77. The molecule has 1 unspecified atom stereocenters. The van der Waals surface area contributed by atoms with Gasteiger partial charge in [0.05, 0.1) is 10.0 Å².